The van der Waals surface area contributed by atoms with Gasteiger partial charge in [0.2, 0.25) is 0 Å². The second kappa shape index (κ2) is 5.28. The SMILES string of the molecule is COC1CCC(NCC(O)C2CC2)CC1. The van der Waals surface area contributed by atoms with Gasteiger partial charge < -0.3 is 15.2 Å². The van der Waals surface area contributed by atoms with Crippen LogP contribution in [-0.4, -0.2) is 37.0 Å². The summed E-state index contributed by atoms with van der Waals surface area (Å²) in [5, 5.41) is 13.2. The molecule has 2 aliphatic rings. The Hall–Kier alpha value is -0.120. The quantitative estimate of drug-likeness (QED) is 0.723. The van der Waals surface area contributed by atoms with Crippen molar-refractivity contribution in [2.75, 3.05) is 13.7 Å². The van der Waals surface area contributed by atoms with Crippen molar-refractivity contribution in [2.45, 2.75) is 56.8 Å². The fourth-order valence-corrected chi connectivity index (χ4v) is 2.44. The highest BCUT2D eigenvalue weighted by atomic mass is 16.5. The van der Waals surface area contributed by atoms with Crippen molar-refractivity contribution in [3.8, 4) is 0 Å². The van der Waals surface area contributed by atoms with Gasteiger partial charge in [0.1, 0.15) is 0 Å². The zero-order chi connectivity index (χ0) is 10.7. The van der Waals surface area contributed by atoms with Crippen LogP contribution in [0.1, 0.15) is 38.5 Å². The Balaban J connectivity index is 1.59. The van der Waals surface area contributed by atoms with E-state index in [1.807, 2.05) is 0 Å². The molecule has 0 saturated heterocycles. The average molecular weight is 213 g/mol. The average Bonchev–Trinajstić information content (AvgIpc) is 3.10. The summed E-state index contributed by atoms with van der Waals surface area (Å²) >= 11 is 0. The van der Waals surface area contributed by atoms with Gasteiger partial charge in [-0.1, -0.05) is 0 Å². The standard InChI is InChI=1S/C12H23NO2/c1-15-11-6-4-10(5-7-11)13-8-12(14)9-2-3-9/h9-14H,2-8H2,1H3. The molecule has 0 spiro atoms. The maximum atomic E-state index is 9.73. The first-order chi connectivity index (χ1) is 7.29. The molecule has 1 unspecified atom stereocenters. The van der Waals surface area contributed by atoms with Gasteiger partial charge in [0.15, 0.2) is 0 Å². The van der Waals surface area contributed by atoms with Crippen molar-refractivity contribution >= 4 is 0 Å². The predicted molar refractivity (Wildman–Crippen MR) is 59.8 cm³/mol. The van der Waals surface area contributed by atoms with Crippen LogP contribution in [-0.2, 0) is 4.74 Å². The minimum atomic E-state index is -0.106. The summed E-state index contributed by atoms with van der Waals surface area (Å²) in [6, 6.07) is 0.602. The highest BCUT2D eigenvalue weighted by Crippen LogP contribution is 2.32. The molecule has 15 heavy (non-hydrogen) atoms. The number of hydrogen-bond donors (Lipinski definition) is 2. The Morgan fingerprint density at radius 1 is 1.20 bits per heavy atom. The molecule has 2 aliphatic carbocycles. The number of aliphatic hydroxyl groups is 1. The molecule has 0 aromatic heterocycles. The first-order valence-corrected chi connectivity index (χ1v) is 6.24. The van der Waals surface area contributed by atoms with Gasteiger partial charge in [0.25, 0.3) is 0 Å². The van der Waals surface area contributed by atoms with Gasteiger partial charge in [-0.2, -0.15) is 0 Å². The Morgan fingerprint density at radius 3 is 2.40 bits per heavy atom. The van der Waals surface area contributed by atoms with Crippen LogP contribution in [0.2, 0.25) is 0 Å². The molecule has 88 valence electrons. The summed E-state index contributed by atoms with van der Waals surface area (Å²) in [7, 11) is 1.80. The molecule has 0 aromatic carbocycles. The Morgan fingerprint density at radius 2 is 1.87 bits per heavy atom. The van der Waals surface area contributed by atoms with Crippen molar-refractivity contribution in [3.05, 3.63) is 0 Å². The monoisotopic (exact) mass is 213 g/mol. The molecule has 0 aromatic rings. The third-order valence-electron chi connectivity index (χ3n) is 3.79. The lowest BCUT2D eigenvalue weighted by Gasteiger charge is -2.29. The van der Waals surface area contributed by atoms with E-state index in [1.54, 1.807) is 7.11 Å². The van der Waals surface area contributed by atoms with E-state index in [9.17, 15) is 5.11 Å². The Kier molecular flexibility index (Phi) is 4.00. The third-order valence-corrected chi connectivity index (χ3v) is 3.79. The number of ether oxygens (including phenoxy) is 1. The van der Waals surface area contributed by atoms with E-state index in [2.05, 4.69) is 5.32 Å². The van der Waals surface area contributed by atoms with Crippen LogP contribution in [0.3, 0.4) is 0 Å². The second-order valence-electron chi connectivity index (χ2n) is 5.02. The van der Waals surface area contributed by atoms with Gasteiger partial charge in [-0.15, -0.1) is 0 Å². The van der Waals surface area contributed by atoms with Gasteiger partial charge in [-0.05, 0) is 44.4 Å². The highest BCUT2D eigenvalue weighted by Gasteiger charge is 2.30. The van der Waals surface area contributed by atoms with E-state index in [1.165, 1.54) is 25.7 Å². The van der Waals surface area contributed by atoms with Gasteiger partial charge in [-0.25, -0.2) is 0 Å². The lowest BCUT2D eigenvalue weighted by Crippen LogP contribution is -2.39. The van der Waals surface area contributed by atoms with Gasteiger partial charge in [-0.3, -0.25) is 0 Å². The number of aliphatic hydroxyl groups excluding tert-OH is 1. The number of rotatable bonds is 5. The van der Waals surface area contributed by atoms with E-state index in [-0.39, 0.29) is 6.10 Å². The smallest absolute Gasteiger partial charge is 0.0692 e. The lowest BCUT2D eigenvalue weighted by atomic mass is 9.93. The van der Waals surface area contributed by atoms with Crippen LogP contribution < -0.4 is 5.32 Å². The van der Waals surface area contributed by atoms with E-state index in [4.69, 9.17) is 4.74 Å². The van der Waals surface area contributed by atoms with E-state index >= 15 is 0 Å². The molecule has 1 atom stereocenters. The van der Waals surface area contributed by atoms with E-state index in [0.717, 1.165) is 19.4 Å². The van der Waals surface area contributed by atoms with Crippen LogP contribution in [0.4, 0.5) is 0 Å². The molecule has 2 fully saturated rings. The van der Waals surface area contributed by atoms with Gasteiger partial charge in [0, 0.05) is 19.7 Å². The normalized spacial score (nSPS) is 34.0. The molecule has 0 amide bonds. The summed E-state index contributed by atoms with van der Waals surface area (Å²) in [5.74, 6) is 0.591. The van der Waals surface area contributed by atoms with Crippen LogP contribution in [0.25, 0.3) is 0 Å². The summed E-state index contributed by atoms with van der Waals surface area (Å²) in [6.45, 7) is 0.785. The minimum Gasteiger partial charge on any atom is -0.392 e. The van der Waals surface area contributed by atoms with E-state index < -0.39 is 0 Å². The Labute approximate surface area is 92.2 Å². The number of hydrogen-bond acceptors (Lipinski definition) is 3. The first kappa shape index (κ1) is 11.4. The predicted octanol–water partition coefficient (Wildman–Crippen LogP) is 1.30. The zero-order valence-electron chi connectivity index (χ0n) is 9.61. The topological polar surface area (TPSA) is 41.5 Å². The van der Waals surface area contributed by atoms with Crippen LogP contribution >= 0.6 is 0 Å². The van der Waals surface area contributed by atoms with Crippen LogP contribution in [0.15, 0.2) is 0 Å². The number of nitrogens with one attached hydrogen (secondary N) is 1. The molecular formula is C12H23NO2. The van der Waals surface area contributed by atoms with Gasteiger partial charge >= 0.3 is 0 Å². The molecule has 2 rings (SSSR count). The van der Waals surface area contributed by atoms with Crippen molar-refractivity contribution in [1.29, 1.82) is 0 Å². The largest absolute Gasteiger partial charge is 0.392 e. The van der Waals surface area contributed by atoms with Crippen LogP contribution in [0, 0.1) is 5.92 Å². The lowest BCUT2D eigenvalue weighted by molar-refractivity contribution is 0.0596. The molecule has 0 radical (unpaired) electrons. The summed E-state index contributed by atoms with van der Waals surface area (Å²) in [4.78, 5) is 0. The number of methoxy groups -OCH3 is 1. The van der Waals surface area contributed by atoms with E-state index in [0.29, 0.717) is 18.1 Å². The second-order valence-corrected chi connectivity index (χ2v) is 5.02. The molecule has 0 bridgehead atoms. The molecule has 3 heteroatoms. The van der Waals surface area contributed by atoms with Crippen molar-refractivity contribution in [1.82, 2.24) is 5.32 Å². The van der Waals surface area contributed by atoms with Gasteiger partial charge in [0.05, 0.1) is 12.2 Å². The summed E-state index contributed by atoms with van der Waals surface area (Å²) < 4.78 is 5.34. The first-order valence-electron chi connectivity index (χ1n) is 6.24. The molecular weight excluding hydrogens is 190 g/mol. The molecule has 2 saturated carbocycles. The molecule has 3 nitrogen and oxygen atoms in total. The van der Waals surface area contributed by atoms with Crippen molar-refractivity contribution in [3.63, 3.8) is 0 Å². The third kappa shape index (κ3) is 3.44. The fraction of sp³-hybridized carbons (Fsp3) is 1.00. The molecule has 2 N–H and O–H groups in total. The van der Waals surface area contributed by atoms with Crippen molar-refractivity contribution in [2.24, 2.45) is 5.92 Å². The fourth-order valence-electron chi connectivity index (χ4n) is 2.44. The highest BCUT2D eigenvalue weighted by molar-refractivity contribution is 4.84. The van der Waals surface area contributed by atoms with Crippen LogP contribution in [0.5, 0.6) is 0 Å². The summed E-state index contributed by atoms with van der Waals surface area (Å²) in [5.41, 5.74) is 0. The molecule has 0 heterocycles. The maximum Gasteiger partial charge on any atom is 0.0692 e. The minimum absolute atomic E-state index is 0.106. The Bertz CT molecular complexity index is 186. The molecule has 0 aliphatic heterocycles. The summed E-state index contributed by atoms with van der Waals surface area (Å²) in [6.07, 6.45) is 7.51. The van der Waals surface area contributed by atoms with Crippen molar-refractivity contribution < 1.29 is 9.84 Å². The maximum absolute atomic E-state index is 9.73. The zero-order valence-corrected chi connectivity index (χ0v) is 9.61.